The quantitative estimate of drug-likeness (QED) is 0.0939. The second kappa shape index (κ2) is 14.8. The summed E-state index contributed by atoms with van der Waals surface area (Å²) in [6.45, 7) is 1.56. The normalized spacial score (nSPS) is 41.2. The number of aliphatic hydroxyl groups excluding tert-OH is 5. The molecule has 1 saturated carbocycles. The van der Waals surface area contributed by atoms with E-state index in [-0.39, 0.29) is 26.2 Å². The molecule has 15 N–H and O–H groups in total. The summed E-state index contributed by atoms with van der Waals surface area (Å²) in [4.78, 5) is 12.8. The Morgan fingerprint density at radius 2 is 1.95 bits per heavy atom. The molecule has 0 spiro atoms. The highest BCUT2D eigenvalue weighted by Crippen LogP contribution is 2.36. The third-order valence-electron chi connectivity index (χ3n) is 8.08. The highest BCUT2D eigenvalue weighted by molar-refractivity contribution is 5.81. The average Bonchev–Trinajstić information content (AvgIpc) is 2.92. The van der Waals surface area contributed by atoms with E-state index in [9.17, 15) is 30.3 Å². The van der Waals surface area contributed by atoms with Crippen molar-refractivity contribution < 1.29 is 49.6 Å². The highest BCUT2D eigenvalue weighted by Gasteiger charge is 2.53. The molecule has 3 unspecified atom stereocenters. The van der Waals surface area contributed by atoms with Crippen LogP contribution in [0.3, 0.4) is 0 Å². The predicted octanol–water partition coefficient (Wildman–Crippen LogP) is -6.12. The van der Waals surface area contributed by atoms with E-state index in [2.05, 4.69) is 16.0 Å². The molecule has 13 atom stereocenters. The third-order valence-corrected chi connectivity index (χ3v) is 8.08. The van der Waals surface area contributed by atoms with Gasteiger partial charge in [0.1, 0.15) is 35.8 Å². The van der Waals surface area contributed by atoms with Gasteiger partial charge in [-0.3, -0.25) is 4.79 Å². The smallest absolute Gasteiger partial charge is 0.251 e. The number of nitrogens with one attached hydrogen (secondary N) is 3. The molecule has 1 saturated heterocycles. The second-order valence-electron chi connectivity index (χ2n) is 11.3. The van der Waals surface area contributed by atoms with Crippen molar-refractivity contribution in [1.29, 1.82) is 0 Å². The summed E-state index contributed by atoms with van der Waals surface area (Å²) in [6, 6.07) is -3.12. The molecule has 0 radical (unpaired) electrons. The number of carbonyl (C=O) groups excluding carboxylic acids is 1. The number of rotatable bonds is 12. The SMILES string of the molecule is CN[C@@H]1[C@@H](O)[C@@H](O[C@H]2[C@H](NC(=O)C(O)C(O)CN)C[C@H](N)C([C@H]3OC(CNCCO)=CC[C@H]3N)[C@@H]2O)OC[C@]1(C)O. The number of aliphatic hydroxyl groups is 6. The fourth-order valence-electron chi connectivity index (χ4n) is 5.82. The van der Waals surface area contributed by atoms with Crippen LogP contribution in [0.1, 0.15) is 19.8 Å². The van der Waals surface area contributed by atoms with Gasteiger partial charge in [-0.15, -0.1) is 0 Å². The monoisotopic (exact) mass is 592 g/mol. The van der Waals surface area contributed by atoms with Crippen LogP contribution in [0, 0.1) is 5.92 Å². The van der Waals surface area contributed by atoms with E-state index in [0.29, 0.717) is 25.3 Å². The van der Waals surface area contributed by atoms with Crippen LogP contribution < -0.4 is 33.2 Å². The fraction of sp³-hybridized carbons (Fsp3) is 0.880. The number of nitrogens with two attached hydrogens (primary N) is 3. The molecule has 0 bridgehead atoms. The zero-order chi connectivity index (χ0) is 30.5. The molecule has 16 nitrogen and oxygen atoms in total. The van der Waals surface area contributed by atoms with E-state index in [4.69, 9.17) is 36.5 Å². The summed E-state index contributed by atoms with van der Waals surface area (Å²) in [6.07, 6.45) is -7.12. The lowest BCUT2D eigenvalue weighted by molar-refractivity contribution is -0.297. The van der Waals surface area contributed by atoms with Gasteiger partial charge >= 0.3 is 0 Å². The van der Waals surface area contributed by atoms with Gasteiger partial charge in [-0.1, -0.05) is 0 Å². The molecule has 3 aliphatic rings. The lowest BCUT2D eigenvalue weighted by Crippen LogP contribution is -2.69. The maximum Gasteiger partial charge on any atom is 0.251 e. The number of likely N-dealkylation sites (N-methyl/N-ethyl adjacent to an activating group) is 1. The second-order valence-corrected chi connectivity index (χ2v) is 11.3. The third kappa shape index (κ3) is 7.91. The molecule has 1 amide bonds. The minimum Gasteiger partial charge on any atom is -0.492 e. The van der Waals surface area contributed by atoms with Gasteiger partial charge in [0.2, 0.25) is 0 Å². The molecular formula is C25H48N6O10. The van der Waals surface area contributed by atoms with Crippen molar-refractivity contribution in [2.75, 3.05) is 39.9 Å². The van der Waals surface area contributed by atoms with Crippen LogP contribution in [0.4, 0.5) is 0 Å². The topological polar surface area (TPSA) is 280 Å². The van der Waals surface area contributed by atoms with Crippen molar-refractivity contribution in [3.8, 4) is 0 Å². The van der Waals surface area contributed by atoms with Gasteiger partial charge < -0.3 is 78.0 Å². The van der Waals surface area contributed by atoms with E-state index in [1.54, 1.807) is 7.05 Å². The van der Waals surface area contributed by atoms with E-state index >= 15 is 0 Å². The highest BCUT2D eigenvalue weighted by atomic mass is 16.7. The number of amides is 1. The van der Waals surface area contributed by atoms with E-state index in [1.165, 1.54) is 6.92 Å². The Bertz CT molecular complexity index is 884. The van der Waals surface area contributed by atoms with Crippen molar-refractivity contribution in [2.45, 2.75) is 92.4 Å². The molecule has 1 aliphatic carbocycles. The van der Waals surface area contributed by atoms with Gasteiger partial charge in [0.05, 0.1) is 37.9 Å². The summed E-state index contributed by atoms with van der Waals surface area (Å²) in [5.41, 5.74) is 16.9. The van der Waals surface area contributed by atoms with Crippen LogP contribution in [0.25, 0.3) is 0 Å². The molecule has 16 heteroatoms. The van der Waals surface area contributed by atoms with Gasteiger partial charge in [-0.25, -0.2) is 0 Å². The summed E-state index contributed by atoms with van der Waals surface area (Å²) in [5, 5.41) is 70.8. The zero-order valence-corrected chi connectivity index (χ0v) is 23.5. The summed E-state index contributed by atoms with van der Waals surface area (Å²) in [5.74, 6) is -1.17. The fourth-order valence-corrected chi connectivity index (χ4v) is 5.82. The van der Waals surface area contributed by atoms with Crippen molar-refractivity contribution in [1.82, 2.24) is 16.0 Å². The first kappa shape index (κ1) is 34.0. The van der Waals surface area contributed by atoms with Crippen molar-refractivity contribution in [2.24, 2.45) is 23.1 Å². The lowest BCUT2D eigenvalue weighted by Gasteiger charge is -2.50. The molecule has 2 fully saturated rings. The van der Waals surface area contributed by atoms with E-state index in [0.717, 1.165) is 0 Å². The molecule has 3 rings (SSSR count). The van der Waals surface area contributed by atoms with E-state index in [1.807, 2.05) is 6.08 Å². The van der Waals surface area contributed by atoms with Gasteiger partial charge in [0.25, 0.3) is 5.91 Å². The van der Waals surface area contributed by atoms with Gasteiger partial charge in [-0.05, 0) is 32.9 Å². The van der Waals surface area contributed by atoms with Crippen LogP contribution >= 0.6 is 0 Å². The number of ether oxygens (including phenoxy) is 3. The Kier molecular flexibility index (Phi) is 12.3. The van der Waals surface area contributed by atoms with Gasteiger partial charge in [0, 0.05) is 31.1 Å². The minimum absolute atomic E-state index is 0.0496. The first-order valence-electron chi connectivity index (χ1n) is 13.9. The van der Waals surface area contributed by atoms with Crippen LogP contribution in [-0.2, 0) is 19.0 Å². The number of hydrogen-bond donors (Lipinski definition) is 12. The standard InChI is InChI=1S/C25H48N6O10/c1-25(38)10-39-24(19(36)22(25)29-2)41-21-14(31-23(37)17(34)15(33)8-26)7-13(28)16(18(21)35)20-12(27)4-3-11(40-20)9-30-5-6-32/h3,12-22,24,29-30,32-36,38H,4-10,26-28H2,1-2H3,(H,31,37)/t12-,13+,14-,15?,16?,17?,18+,19-,20+,21+,22-,24-,25+/m1/s1. The van der Waals surface area contributed by atoms with Crippen LogP contribution in [0.5, 0.6) is 0 Å². The molecule has 41 heavy (non-hydrogen) atoms. The molecule has 0 aromatic rings. The molecule has 0 aromatic heterocycles. The molecular weight excluding hydrogens is 544 g/mol. The van der Waals surface area contributed by atoms with Gasteiger partial charge in [0.15, 0.2) is 12.4 Å². The largest absolute Gasteiger partial charge is 0.492 e. The van der Waals surface area contributed by atoms with Crippen LogP contribution in [-0.4, -0.2) is 149 Å². The van der Waals surface area contributed by atoms with Crippen molar-refractivity contribution in [3.05, 3.63) is 11.8 Å². The summed E-state index contributed by atoms with van der Waals surface area (Å²) >= 11 is 0. The molecule has 2 heterocycles. The Labute approximate surface area is 239 Å². The maximum atomic E-state index is 12.8. The van der Waals surface area contributed by atoms with Crippen molar-refractivity contribution in [3.63, 3.8) is 0 Å². The average molecular weight is 593 g/mol. The Balaban J connectivity index is 1.86. The first-order valence-corrected chi connectivity index (χ1v) is 13.9. The van der Waals surface area contributed by atoms with Crippen LogP contribution in [0.2, 0.25) is 0 Å². The van der Waals surface area contributed by atoms with Gasteiger partial charge in [-0.2, -0.15) is 0 Å². The maximum absolute atomic E-state index is 12.8. The summed E-state index contributed by atoms with van der Waals surface area (Å²) < 4.78 is 17.9. The van der Waals surface area contributed by atoms with Crippen molar-refractivity contribution >= 4 is 5.91 Å². The molecule has 238 valence electrons. The Morgan fingerprint density at radius 1 is 1.24 bits per heavy atom. The number of carbonyl (C=O) groups is 1. The van der Waals surface area contributed by atoms with E-state index < -0.39 is 84.5 Å². The minimum atomic E-state index is -1.85. The first-order chi connectivity index (χ1) is 19.4. The van der Waals surface area contributed by atoms with Crippen LogP contribution in [0.15, 0.2) is 11.8 Å². The summed E-state index contributed by atoms with van der Waals surface area (Å²) in [7, 11) is 1.56. The number of hydrogen-bond acceptors (Lipinski definition) is 15. The Morgan fingerprint density at radius 3 is 2.59 bits per heavy atom. The predicted molar refractivity (Wildman–Crippen MR) is 145 cm³/mol. The lowest BCUT2D eigenvalue weighted by atomic mass is 9.72. The Hall–Kier alpha value is -1.51. The zero-order valence-electron chi connectivity index (χ0n) is 23.5. The molecule has 0 aromatic carbocycles. The molecule has 2 aliphatic heterocycles.